The lowest BCUT2D eigenvalue weighted by atomic mass is 10.3. The Hall–Kier alpha value is -1.97. The van der Waals surface area contributed by atoms with E-state index in [0.717, 1.165) is 0 Å². The van der Waals surface area contributed by atoms with Gasteiger partial charge in [-0.15, -0.1) is 6.58 Å². The fourth-order valence-corrected chi connectivity index (χ4v) is 0.911. The summed E-state index contributed by atoms with van der Waals surface area (Å²) in [6.07, 6.45) is 1.57. The molecule has 1 aromatic rings. The highest BCUT2D eigenvalue weighted by molar-refractivity contribution is 5.90. The number of anilines is 1. The number of hydrogen-bond donors (Lipinski definition) is 3. The second-order valence-electron chi connectivity index (χ2n) is 2.64. The predicted octanol–water partition coefficient (Wildman–Crippen LogP) is 1.70. The van der Waals surface area contributed by atoms with Gasteiger partial charge in [0.05, 0.1) is 5.69 Å². The molecule has 14 heavy (non-hydrogen) atoms. The number of phenols is 1. The maximum atomic E-state index is 11.1. The lowest BCUT2D eigenvalue weighted by Crippen LogP contribution is -2.28. The van der Waals surface area contributed by atoms with Crippen LogP contribution in [0.5, 0.6) is 5.75 Å². The van der Waals surface area contributed by atoms with Gasteiger partial charge in [-0.25, -0.2) is 4.79 Å². The molecule has 0 aromatic heterocycles. The second-order valence-corrected chi connectivity index (χ2v) is 2.64. The van der Waals surface area contributed by atoms with Crippen LogP contribution in [0.1, 0.15) is 0 Å². The molecule has 3 N–H and O–H groups in total. The van der Waals surface area contributed by atoms with Gasteiger partial charge in [-0.1, -0.05) is 18.2 Å². The topological polar surface area (TPSA) is 61.4 Å². The normalized spacial score (nSPS) is 9.14. The Morgan fingerprint density at radius 1 is 1.50 bits per heavy atom. The van der Waals surface area contributed by atoms with Crippen molar-refractivity contribution in [2.75, 3.05) is 11.9 Å². The lowest BCUT2D eigenvalue weighted by Gasteiger charge is -2.06. The molecule has 0 aliphatic rings. The molecule has 0 saturated carbocycles. The van der Waals surface area contributed by atoms with Gasteiger partial charge in [0.2, 0.25) is 0 Å². The molecule has 1 rings (SSSR count). The van der Waals surface area contributed by atoms with Crippen LogP contribution in [0.25, 0.3) is 0 Å². The van der Waals surface area contributed by atoms with E-state index in [9.17, 15) is 9.90 Å². The summed E-state index contributed by atoms with van der Waals surface area (Å²) >= 11 is 0. The molecule has 74 valence electrons. The van der Waals surface area contributed by atoms with Gasteiger partial charge in [0.25, 0.3) is 0 Å². The summed E-state index contributed by atoms with van der Waals surface area (Å²) in [5, 5.41) is 14.3. The van der Waals surface area contributed by atoms with Gasteiger partial charge in [0.15, 0.2) is 0 Å². The zero-order valence-corrected chi connectivity index (χ0v) is 7.66. The maximum absolute atomic E-state index is 11.1. The number of rotatable bonds is 3. The average molecular weight is 192 g/mol. The molecule has 0 aliphatic heterocycles. The number of benzene rings is 1. The average Bonchev–Trinajstić information content (AvgIpc) is 2.18. The minimum atomic E-state index is -0.369. The minimum absolute atomic E-state index is 0.0428. The fourth-order valence-electron chi connectivity index (χ4n) is 0.911. The van der Waals surface area contributed by atoms with Crippen molar-refractivity contribution >= 4 is 11.7 Å². The molecular formula is C10H12N2O2. The van der Waals surface area contributed by atoms with Crippen molar-refractivity contribution in [3.05, 3.63) is 36.9 Å². The largest absolute Gasteiger partial charge is 0.506 e. The first-order chi connectivity index (χ1) is 6.74. The van der Waals surface area contributed by atoms with E-state index in [1.54, 1.807) is 24.3 Å². The zero-order valence-electron chi connectivity index (χ0n) is 7.66. The number of carbonyl (C=O) groups is 1. The quantitative estimate of drug-likeness (QED) is 0.504. The van der Waals surface area contributed by atoms with Gasteiger partial charge in [-0.05, 0) is 12.1 Å². The van der Waals surface area contributed by atoms with Crippen molar-refractivity contribution in [2.45, 2.75) is 0 Å². The predicted molar refractivity (Wildman–Crippen MR) is 55.3 cm³/mol. The highest BCUT2D eigenvalue weighted by Crippen LogP contribution is 2.20. The Bertz CT molecular complexity index is 337. The number of para-hydroxylation sites is 2. The number of hydrogen-bond acceptors (Lipinski definition) is 2. The molecule has 0 saturated heterocycles. The Morgan fingerprint density at radius 2 is 2.21 bits per heavy atom. The smallest absolute Gasteiger partial charge is 0.319 e. The molecule has 0 fully saturated rings. The molecular weight excluding hydrogens is 180 g/mol. The second kappa shape index (κ2) is 4.91. The van der Waals surface area contributed by atoms with Crippen LogP contribution >= 0.6 is 0 Å². The van der Waals surface area contributed by atoms with Crippen LogP contribution in [-0.2, 0) is 0 Å². The Morgan fingerprint density at radius 3 is 2.86 bits per heavy atom. The lowest BCUT2D eigenvalue weighted by molar-refractivity contribution is 0.253. The number of phenolic OH excluding ortho intramolecular Hbond substituents is 1. The highest BCUT2D eigenvalue weighted by Gasteiger charge is 2.02. The standard InChI is InChI=1S/C10H12N2O2/c1-2-7-11-10(14)12-8-5-3-4-6-9(8)13/h2-6,13H,1,7H2,(H2,11,12,14). The van der Waals surface area contributed by atoms with Crippen molar-refractivity contribution in [1.82, 2.24) is 5.32 Å². The van der Waals surface area contributed by atoms with E-state index in [1.165, 1.54) is 6.07 Å². The van der Waals surface area contributed by atoms with Crippen LogP contribution in [0.15, 0.2) is 36.9 Å². The summed E-state index contributed by atoms with van der Waals surface area (Å²) in [4.78, 5) is 11.1. The van der Waals surface area contributed by atoms with E-state index in [4.69, 9.17) is 0 Å². The summed E-state index contributed by atoms with van der Waals surface area (Å²) in [6, 6.07) is 6.16. The molecule has 0 spiro atoms. The molecule has 4 nitrogen and oxygen atoms in total. The Labute approximate surface area is 82.3 Å². The Balaban J connectivity index is 2.56. The fraction of sp³-hybridized carbons (Fsp3) is 0.100. The third kappa shape index (κ3) is 2.82. The van der Waals surface area contributed by atoms with Crippen molar-refractivity contribution in [1.29, 1.82) is 0 Å². The van der Waals surface area contributed by atoms with Crippen LogP contribution in [-0.4, -0.2) is 17.7 Å². The summed E-state index contributed by atoms with van der Waals surface area (Å²) in [5.41, 5.74) is 0.383. The SMILES string of the molecule is C=CCNC(=O)Nc1ccccc1O. The van der Waals surface area contributed by atoms with Gasteiger partial charge in [-0.2, -0.15) is 0 Å². The first-order valence-electron chi connectivity index (χ1n) is 4.18. The number of nitrogens with one attached hydrogen (secondary N) is 2. The van der Waals surface area contributed by atoms with Crippen LogP contribution in [0.2, 0.25) is 0 Å². The summed E-state index contributed by atoms with van der Waals surface area (Å²) in [5.74, 6) is 0.0428. The number of carbonyl (C=O) groups excluding carboxylic acids is 1. The number of urea groups is 1. The van der Waals surface area contributed by atoms with E-state index in [1.807, 2.05) is 0 Å². The molecule has 0 aliphatic carbocycles. The third-order valence-electron chi connectivity index (χ3n) is 1.56. The molecule has 0 radical (unpaired) electrons. The summed E-state index contributed by atoms with van der Waals surface area (Å²) in [6.45, 7) is 3.85. The van der Waals surface area contributed by atoms with Crippen molar-refractivity contribution in [3.63, 3.8) is 0 Å². The highest BCUT2D eigenvalue weighted by atomic mass is 16.3. The summed E-state index contributed by atoms with van der Waals surface area (Å²) < 4.78 is 0. The van der Waals surface area contributed by atoms with Crippen LogP contribution in [0.4, 0.5) is 10.5 Å². The minimum Gasteiger partial charge on any atom is -0.506 e. The number of amides is 2. The molecule has 4 heteroatoms. The van der Waals surface area contributed by atoms with Crippen molar-refractivity contribution in [3.8, 4) is 5.75 Å². The zero-order chi connectivity index (χ0) is 10.4. The molecule has 0 atom stereocenters. The van der Waals surface area contributed by atoms with E-state index < -0.39 is 0 Å². The van der Waals surface area contributed by atoms with E-state index in [-0.39, 0.29) is 11.8 Å². The molecule has 1 aromatic carbocycles. The van der Waals surface area contributed by atoms with Crippen molar-refractivity contribution < 1.29 is 9.90 Å². The van der Waals surface area contributed by atoms with Gasteiger partial charge in [-0.3, -0.25) is 0 Å². The summed E-state index contributed by atoms with van der Waals surface area (Å²) in [7, 11) is 0. The first kappa shape index (κ1) is 10.1. The number of aromatic hydroxyl groups is 1. The molecule has 2 amide bonds. The van der Waals surface area contributed by atoms with E-state index in [0.29, 0.717) is 12.2 Å². The monoisotopic (exact) mass is 192 g/mol. The van der Waals surface area contributed by atoms with Gasteiger partial charge in [0.1, 0.15) is 5.75 Å². The van der Waals surface area contributed by atoms with Crippen LogP contribution in [0, 0.1) is 0 Å². The van der Waals surface area contributed by atoms with Crippen LogP contribution < -0.4 is 10.6 Å². The van der Waals surface area contributed by atoms with E-state index in [2.05, 4.69) is 17.2 Å². The van der Waals surface area contributed by atoms with Gasteiger partial charge in [0, 0.05) is 6.54 Å². The molecule has 0 heterocycles. The van der Waals surface area contributed by atoms with Gasteiger partial charge >= 0.3 is 6.03 Å². The molecule has 0 unspecified atom stereocenters. The first-order valence-corrected chi connectivity index (χ1v) is 4.18. The van der Waals surface area contributed by atoms with E-state index >= 15 is 0 Å². The maximum Gasteiger partial charge on any atom is 0.319 e. The Kier molecular flexibility index (Phi) is 3.55. The van der Waals surface area contributed by atoms with Crippen LogP contribution in [0.3, 0.4) is 0 Å². The molecule has 0 bridgehead atoms. The van der Waals surface area contributed by atoms with Gasteiger partial charge < -0.3 is 15.7 Å². The van der Waals surface area contributed by atoms with Crippen molar-refractivity contribution in [2.24, 2.45) is 0 Å². The third-order valence-corrected chi connectivity index (χ3v) is 1.56.